The second-order valence-corrected chi connectivity index (χ2v) is 7.07. The number of para-hydroxylation sites is 2. The lowest BCUT2D eigenvalue weighted by atomic mass is 10.0. The number of nitrogens with one attached hydrogen (secondary N) is 1. The number of carbonyl (C=O) groups excluding carboxylic acids is 2. The predicted octanol–water partition coefficient (Wildman–Crippen LogP) is 3.88. The molecule has 32 heavy (non-hydrogen) atoms. The van der Waals surface area contributed by atoms with Crippen molar-refractivity contribution in [2.75, 3.05) is 11.9 Å². The van der Waals surface area contributed by atoms with Crippen LogP contribution in [0.25, 0.3) is 22.2 Å². The molecule has 1 amide bonds. The maximum atomic E-state index is 12.8. The number of rotatable bonds is 6. The van der Waals surface area contributed by atoms with Crippen LogP contribution >= 0.6 is 0 Å². The second-order valence-electron chi connectivity index (χ2n) is 7.07. The summed E-state index contributed by atoms with van der Waals surface area (Å²) in [6, 6.07) is 21.9. The fourth-order valence-electron chi connectivity index (χ4n) is 3.45. The Morgan fingerprint density at radius 1 is 0.969 bits per heavy atom. The standard InChI is InChI=1S/C25H21N3O4/c1-2-32-25(31)19-14-18(17-8-4-3-5-9-17)12-13-20(19)27-23(29)16-28-22-11-7-6-10-21(22)26-15-24(28)30/h3-15H,2,16H2,1H3,(H,27,29). The van der Waals surface area contributed by atoms with Crippen LogP contribution < -0.4 is 10.9 Å². The van der Waals surface area contributed by atoms with E-state index < -0.39 is 11.9 Å². The van der Waals surface area contributed by atoms with Crippen molar-refractivity contribution in [2.45, 2.75) is 13.5 Å². The van der Waals surface area contributed by atoms with Crippen molar-refractivity contribution in [1.82, 2.24) is 9.55 Å². The first-order valence-corrected chi connectivity index (χ1v) is 10.2. The summed E-state index contributed by atoms with van der Waals surface area (Å²) in [6.07, 6.45) is 1.19. The van der Waals surface area contributed by atoms with Crippen molar-refractivity contribution in [3.05, 3.63) is 94.9 Å². The number of aromatic nitrogens is 2. The summed E-state index contributed by atoms with van der Waals surface area (Å²) in [7, 11) is 0. The number of nitrogens with zero attached hydrogens (tertiary/aromatic N) is 2. The number of benzene rings is 3. The molecule has 1 aromatic heterocycles. The van der Waals surface area contributed by atoms with Gasteiger partial charge in [0.2, 0.25) is 5.91 Å². The smallest absolute Gasteiger partial charge is 0.340 e. The van der Waals surface area contributed by atoms with Gasteiger partial charge in [-0.05, 0) is 42.3 Å². The predicted molar refractivity (Wildman–Crippen MR) is 122 cm³/mol. The molecule has 0 spiro atoms. The molecule has 160 valence electrons. The van der Waals surface area contributed by atoms with Crippen LogP contribution in [0.15, 0.2) is 83.8 Å². The number of amides is 1. The molecule has 0 unspecified atom stereocenters. The molecular weight excluding hydrogens is 406 g/mol. The van der Waals surface area contributed by atoms with E-state index in [-0.39, 0.29) is 24.3 Å². The molecule has 7 heteroatoms. The number of hydrogen-bond acceptors (Lipinski definition) is 5. The highest BCUT2D eigenvalue weighted by atomic mass is 16.5. The quantitative estimate of drug-likeness (QED) is 0.472. The van der Waals surface area contributed by atoms with Crippen LogP contribution in [0.3, 0.4) is 0 Å². The minimum Gasteiger partial charge on any atom is -0.462 e. The molecule has 0 saturated carbocycles. The summed E-state index contributed by atoms with van der Waals surface area (Å²) in [4.78, 5) is 41.8. The van der Waals surface area contributed by atoms with Crippen LogP contribution in [0.4, 0.5) is 5.69 Å². The van der Waals surface area contributed by atoms with Gasteiger partial charge >= 0.3 is 5.97 Å². The first-order chi connectivity index (χ1) is 15.6. The van der Waals surface area contributed by atoms with Gasteiger partial charge < -0.3 is 10.1 Å². The number of carbonyl (C=O) groups is 2. The van der Waals surface area contributed by atoms with Crippen LogP contribution in [0.1, 0.15) is 17.3 Å². The first kappa shape index (κ1) is 21.0. The zero-order chi connectivity index (χ0) is 22.5. The molecule has 0 fully saturated rings. The molecular formula is C25H21N3O4. The number of ether oxygens (including phenoxy) is 1. The summed E-state index contributed by atoms with van der Waals surface area (Å²) >= 11 is 0. The van der Waals surface area contributed by atoms with Crippen molar-refractivity contribution >= 4 is 28.6 Å². The number of anilines is 1. The van der Waals surface area contributed by atoms with Gasteiger partial charge in [0.1, 0.15) is 6.54 Å². The molecule has 4 rings (SSSR count). The van der Waals surface area contributed by atoms with Crippen LogP contribution in [0.5, 0.6) is 0 Å². The van der Waals surface area contributed by atoms with Crippen molar-refractivity contribution < 1.29 is 14.3 Å². The normalized spacial score (nSPS) is 10.7. The summed E-state index contributed by atoms with van der Waals surface area (Å²) in [5, 5.41) is 2.75. The van der Waals surface area contributed by atoms with Crippen LogP contribution in [-0.4, -0.2) is 28.0 Å². The third-order valence-electron chi connectivity index (χ3n) is 4.95. The lowest BCUT2D eigenvalue weighted by Crippen LogP contribution is -2.28. The Bertz CT molecular complexity index is 1350. The molecule has 7 nitrogen and oxygen atoms in total. The highest BCUT2D eigenvalue weighted by Crippen LogP contribution is 2.26. The number of fused-ring (bicyclic) bond motifs is 1. The minimum absolute atomic E-state index is 0.209. The van der Waals surface area contributed by atoms with Crippen molar-refractivity contribution in [3.63, 3.8) is 0 Å². The fourth-order valence-corrected chi connectivity index (χ4v) is 3.45. The Kier molecular flexibility index (Phi) is 6.07. The third kappa shape index (κ3) is 4.41. The molecule has 0 bridgehead atoms. The minimum atomic E-state index is -0.535. The van der Waals surface area contributed by atoms with Crippen molar-refractivity contribution in [3.8, 4) is 11.1 Å². The Morgan fingerprint density at radius 2 is 1.72 bits per heavy atom. The van der Waals surface area contributed by atoms with Gasteiger partial charge in [-0.2, -0.15) is 0 Å². The molecule has 4 aromatic rings. The monoisotopic (exact) mass is 427 g/mol. The van der Waals surface area contributed by atoms with Crippen molar-refractivity contribution in [2.24, 2.45) is 0 Å². The third-order valence-corrected chi connectivity index (χ3v) is 4.95. The van der Waals surface area contributed by atoms with E-state index >= 15 is 0 Å². The van der Waals surface area contributed by atoms with Gasteiger partial charge in [0.25, 0.3) is 5.56 Å². The van der Waals surface area contributed by atoms with E-state index in [4.69, 9.17) is 4.74 Å². The summed E-state index contributed by atoms with van der Waals surface area (Å²) in [6.45, 7) is 1.71. The maximum absolute atomic E-state index is 12.8. The van der Waals surface area contributed by atoms with E-state index in [0.717, 1.165) is 11.1 Å². The number of hydrogen-bond donors (Lipinski definition) is 1. The van der Waals surface area contributed by atoms with E-state index in [1.54, 1.807) is 37.3 Å². The van der Waals surface area contributed by atoms with Gasteiger partial charge in [-0.15, -0.1) is 0 Å². The summed E-state index contributed by atoms with van der Waals surface area (Å²) < 4.78 is 6.53. The van der Waals surface area contributed by atoms with Gasteiger partial charge in [-0.25, -0.2) is 9.78 Å². The molecule has 0 aliphatic heterocycles. The van der Waals surface area contributed by atoms with Gasteiger partial charge in [0.05, 0.1) is 35.1 Å². The largest absolute Gasteiger partial charge is 0.462 e. The Hall–Kier alpha value is -4.26. The van der Waals surface area contributed by atoms with Crippen molar-refractivity contribution in [1.29, 1.82) is 0 Å². The lowest BCUT2D eigenvalue weighted by Gasteiger charge is -2.14. The molecule has 3 aromatic carbocycles. The Balaban J connectivity index is 1.65. The SMILES string of the molecule is CCOC(=O)c1cc(-c2ccccc2)ccc1NC(=O)Cn1c(=O)cnc2ccccc21. The lowest BCUT2D eigenvalue weighted by molar-refractivity contribution is -0.116. The molecule has 1 N–H and O–H groups in total. The summed E-state index contributed by atoms with van der Waals surface area (Å²) in [5.74, 6) is -0.978. The van der Waals surface area contributed by atoms with Gasteiger partial charge in [0, 0.05) is 0 Å². The molecule has 0 aliphatic carbocycles. The van der Waals surface area contributed by atoms with Gasteiger partial charge in [-0.3, -0.25) is 14.2 Å². The Labute approximate surface area is 184 Å². The van der Waals surface area contributed by atoms with E-state index in [9.17, 15) is 14.4 Å². The zero-order valence-electron chi connectivity index (χ0n) is 17.4. The van der Waals surface area contributed by atoms with E-state index in [1.165, 1.54) is 10.8 Å². The highest BCUT2D eigenvalue weighted by molar-refractivity contribution is 6.02. The average molecular weight is 427 g/mol. The second kappa shape index (κ2) is 9.26. The van der Waals surface area contributed by atoms with E-state index in [2.05, 4.69) is 10.3 Å². The average Bonchev–Trinajstić information content (AvgIpc) is 2.82. The summed E-state index contributed by atoms with van der Waals surface area (Å²) in [5.41, 5.74) is 3.10. The molecule has 0 atom stereocenters. The molecule has 0 aliphatic rings. The van der Waals surface area contributed by atoms with Crippen LogP contribution in [-0.2, 0) is 16.1 Å². The number of esters is 1. The maximum Gasteiger partial charge on any atom is 0.340 e. The van der Waals surface area contributed by atoms with E-state index in [0.29, 0.717) is 16.7 Å². The molecule has 0 saturated heterocycles. The topological polar surface area (TPSA) is 90.3 Å². The highest BCUT2D eigenvalue weighted by Gasteiger charge is 2.17. The zero-order valence-corrected chi connectivity index (χ0v) is 17.4. The van der Waals surface area contributed by atoms with Crippen LogP contribution in [0, 0.1) is 0 Å². The fraction of sp³-hybridized carbons (Fsp3) is 0.120. The first-order valence-electron chi connectivity index (χ1n) is 10.2. The van der Waals surface area contributed by atoms with Gasteiger partial charge in [-0.1, -0.05) is 48.5 Å². The van der Waals surface area contributed by atoms with Gasteiger partial charge in [0.15, 0.2) is 0 Å². The molecule has 0 radical (unpaired) electrons. The Morgan fingerprint density at radius 3 is 2.50 bits per heavy atom. The molecule has 1 heterocycles. The van der Waals surface area contributed by atoms with E-state index in [1.807, 2.05) is 42.5 Å². The van der Waals surface area contributed by atoms with Crippen LogP contribution in [0.2, 0.25) is 0 Å².